The van der Waals surface area contributed by atoms with Crippen molar-refractivity contribution in [3.05, 3.63) is 54.1 Å². The third-order valence-electron chi connectivity index (χ3n) is 2.99. The third-order valence-corrected chi connectivity index (χ3v) is 3.49. The summed E-state index contributed by atoms with van der Waals surface area (Å²) in [5, 5.41) is 2.75. The van der Waals surface area contributed by atoms with E-state index in [2.05, 4.69) is 49.9 Å². The van der Waals surface area contributed by atoms with E-state index in [0.717, 1.165) is 5.57 Å². The number of hydrogen-bond donors (Lipinski definition) is 0. The van der Waals surface area contributed by atoms with Crippen molar-refractivity contribution in [1.82, 2.24) is 0 Å². The smallest absolute Gasteiger partial charge is 0.00321 e. The van der Waals surface area contributed by atoms with Crippen molar-refractivity contribution in [2.24, 2.45) is 0 Å². The van der Waals surface area contributed by atoms with Gasteiger partial charge < -0.3 is 0 Å². The first-order chi connectivity index (χ1) is 7.74. The summed E-state index contributed by atoms with van der Waals surface area (Å²) in [5.41, 5.74) is 3.91. The van der Waals surface area contributed by atoms with Crippen LogP contribution in [-0.4, -0.2) is 10.2 Å². The zero-order valence-corrected chi connectivity index (χ0v) is 12.1. The molecule has 0 atom stereocenters. The van der Waals surface area contributed by atoms with Crippen LogP contribution in [-0.2, 0) is 6.42 Å². The van der Waals surface area contributed by atoms with Crippen LogP contribution in [0.1, 0.15) is 18.1 Å². The second kappa shape index (κ2) is 4.66. The first-order valence-corrected chi connectivity index (χ1v) is 7.32. The fraction of sp³-hybridized carbons (Fsp3) is 0.200. The van der Waals surface area contributed by atoms with Gasteiger partial charge in [0.1, 0.15) is 0 Å². The van der Waals surface area contributed by atoms with Gasteiger partial charge in [-0.2, -0.15) is 0 Å². The Morgan fingerprint density at radius 3 is 2.50 bits per heavy atom. The minimum absolute atomic E-state index is 1.15. The zero-order chi connectivity index (χ0) is 11.5. The molecule has 0 aromatic heterocycles. The molecule has 0 aliphatic carbocycles. The average Bonchev–Trinajstić information content (AvgIpc) is 2.29. The molecule has 0 heterocycles. The maximum absolute atomic E-state index is 4.06. The van der Waals surface area contributed by atoms with Crippen LogP contribution in [0.3, 0.4) is 0 Å². The van der Waals surface area contributed by atoms with Crippen LogP contribution in [0.5, 0.6) is 0 Å². The molecular weight excluding hydrogens is 208 g/mol. The lowest BCUT2D eigenvalue weighted by atomic mass is 9.96. The fourth-order valence-corrected chi connectivity index (χ4v) is 2.77. The molecular formula is C15H18Si. The highest BCUT2D eigenvalue weighted by molar-refractivity contribution is 6.08. The van der Waals surface area contributed by atoms with E-state index >= 15 is 0 Å². The summed E-state index contributed by atoms with van der Waals surface area (Å²) in [6.45, 7) is 6.14. The van der Waals surface area contributed by atoms with Crippen molar-refractivity contribution in [3.63, 3.8) is 0 Å². The molecule has 16 heavy (non-hydrogen) atoms. The highest BCUT2D eigenvalue weighted by atomic mass is 28.1. The van der Waals surface area contributed by atoms with Crippen molar-refractivity contribution < 1.29 is 0 Å². The number of hydrogen-bond acceptors (Lipinski definition) is 0. The largest absolute Gasteiger partial charge is 0.0955 e. The van der Waals surface area contributed by atoms with E-state index in [1.54, 1.807) is 0 Å². The highest BCUT2D eigenvalue weighted by Gasteiger charge is 2.04. The van der Waals surface area contributed by atoms with Gasteiger partial charge >= 0.3 is 0 Å². The van der Waals surface area contributed by atoms with Gasteiger partial charge in [0.05, 0.1) is 0 Å². The zero-order valence-electron chi connectivity index (χ0n) is 10.1. The van der Waals surface area contributed by atoms with Crippen LogP contribution in [0.25, 0.3) is 16.3 Å². The summed E-state index contributed by atoms with van der Waals surface area (Å²) in [4.78, 5) is 0. The fourth-order valence-electron chi connectivity index (χ4n) is 2.23. The molecule has 0 radical (unpaired) electrons. The topological polar surface area (TPSA) is 0 Å². The minimum Gasteiger partial charge on any atom is -0.0955 e. The Hall–Kier alpha value is -1.34. The Labute approximate surface area is 100 Å². The van der Waals surface area contributed by atoms with Crippen LogP contribution in [0.15, 0.2) is 43.0 Å². The van der Waals surface area contributed by atoms with E-state index in [1.165, 1.54) is 44.6 Å². The molecule has 82 valence electrons. The lowest BCUT2D eigenvalue weighted by molar-refractivity contribution is 1.15. The van der Waals surface area contributed by atoms with E-state index in [-0.39, 0.29) is 0 Å². The molecule has 1 heteroatoms. The van der Waals surface area contributed by atoms with E-state index in [0.29, 0.717) is 0 Å². The second-order valence-electron chi connectivity index (χ2n) is 4.35. The normalized spacial score (nSPS) is 10.8. The number of benzene rings is 2. The molecule has 0 bridgehead atoms. The minimum atomic E-state index is 1.15. The molecule has 2 aromatic carbocycles. The maximum Gasteiger partial charge on any atom is 0.00321 e. The number of allylic oxidation sites excluding steroid dienone is 1. The van der Waals surface area contributed by atoms with E-state index < -0.39 is 0 Å². The monoisotopic (exact) mass is 226 g/mol. The van der Waals surface area contributed by atoms with Crippen LogP contribution < -0.4 is 0 Å². The average molecular weight is 226 g/mol. The quantitative estimate of drug-likeness (QED) is 0.705. The van der Waals surface area contributed by atoms with Gasteiger partial charge in [0.15, 0.2) is 0 Å². The van der Waals surface area contributed by atoms with Crippen molar-refractivity contribution in [3.8, 4) is 0 Å². The standard InChI is InChI=1S/C15H18Si/c1-11(2)13-6-4-7-14-12(9-10-16)5-3-8-15(13)14/h3-8H,1,9-10H2,2,16H3. The molecule has 2 rings (SSSR count). The Morgan fingerprint density at radius 1 is 1.12 bits per heavy atom. The first-order valence-electron chi connectivity index (χ1n) is 5.90. The van der Waals surface area contributed by atoms with Gasteiger partial charge in [-0.1, -0.05) is 54.6 Å². The predicted molar refractivity (Wildman–Crippen MR) is 77.1 cm³/mol. The molecule has 0 aliphatic heterocycles. The molecule has 0 saturated heterocycles. The van der Waals surface area contributed by atoms with Gasteiger partial charge in [-0.3, -0.25) is 0 Å². The molecule has 0 nitrogen and oxygen atoms in total. The van der Waals surface area contributed by atoms with Gasteiger partial charge in [-0.15, -0.1) is 0 Å². The third kappa shape index (κ3) is 1.96. The summed E-state index contributed by atoms with van der Waals surface area (Å²) in [6, 6.07) is 14.5. The summed E-state index contributed by atoms with van der Waals surface area (Å²) in [5.74, 6) is 0. The SMILES string of the molecule is C=C(C)c1cccc2c(CC[SiH3])cccc12. The molecule has 0 N–H and O–H groups in total. The Morgan fingerprint density at radius 2 is 1.81 bits per heavy atom. The lowest BCUT2D eigenvalue weighted by Gasteiger charge is -2.09. The molecule has 0 aliphatic rings. The van der Waals surface area contributed by atoms with Crippen LogP contribution in [0.2, 0.25) is 6.04 Å². The van der Waals surface area contributed by atoms with Crippen molar-refractivity contribution in [2.45, 2.75) is 19.4 Å². The lowest BCUT2D eigenvalue weighted by Crippen LogP contribution is -1.89. The number of rotatable bonds is 3. The van der Waals surface area contributed by atoms with Gasteiger partial charge in [-0.05, 0) is 35.2 Å². The first kappa shape index (κ1) is 11.2. The van der Waals surface area contributed by atoms with Gasteiger partial charge in [-0.25, -0.2) is 0 Å². The summed E-state index contributed by atoms with van der Waals surface area (Å²) < 4.78 is 0. The van der Waals surface area contributed by atoms with Crippen LogP contribution >= 0.6 is 0 Å². The van der Waals surface area contributed by atoms with Crippen LogP contribution in [0, 0.1) is 0 Å². The van der Waals surface area contributed by atoms with Crippen LogP contribution in [0.4, 0.5) is 0 Å². The Balaban J connectivity index is 2.71. The van der Waals surface area contributed by atoms with Crippen molar-refractivity contribution in [1.29, 1.82) is 0 Å². The second-order valence-corrected chi connectivity index (χ2v) is 5.35. The maximum atomic E-state index is 4.06. The molecule has 0 spiro atoms. The van der Waals surface area contributed by atoms with Crippen molar-refractivity contribution >= 4 is 26.6 Å². The Bertz CT molecular complexity index is 526. The summed E-state index contributed by atoms with van der Waals surface area (Å²) in [6.07, 6.45) is 1.21. The van der Waals surface area contributed by atoms with E-state index in [1.807, 2.05) is 0 Å². The number of fused-ring (bicyclic) bond motifs is 1. The molecule has 0 unspecified atom stereocenters. The summed E-state index contributed by atoms with van der Waals surface area (Å²) in [7, 11) is 1.28. The van der Waals surface area contributed by atoms with Crippen molar-refractivity contribution in [2.75, 3.05) is 0 Å². The summed E-state index contributed by atoms with van der Waals surface area (Å²) >= 11 is 0. The molecule has 0 fully saturated rings. The van der Waals surface area contributed by atoms with Gasteiger partial charge in [0.25, 0.3) is 0 Å². The number of aryl methyl sites for hydroxylation is 1. The van der Waals surface area contributed by atoms with Gasteiger partial charge in [0.2, 0.25) is 0 Å². The Kier molecular flexibility index (Phi) is 3.25. The molecule has 0 saturated carbocycles. The van der Waals surface area contributed by atoms with E-state index in [9.17, 15) is 0 Å². The molecule has 0 amide bonds. The molecule has 2 aromatic rings. The van der Waals surface area contributed by atoms with E-state index in [4.69, 9.17) is 0 Å². The predicted octanol–water partition coefficient (Wildman–Crippen LogP) is 3.20. The van der Waals surface area contributed by atoms with Gasteiger partial charge in [0, 0.05) is 10.2 Å². The highest BCUT2D eigenvalue weighted by Crippen LogP contribution is 2.27.